The van der Waals surface area contributed by atoms with Crippen LogP contribution < -0.4 is 10.2 Å². The molecule has 51 heavy (non-hydrogen) atoms. The molecule has 0 bridgehead atoms. The number of esters is 1. The fourth-order valence-electron chi connectivity index (χ4n) is 6.50. The number of aryl methyl sites for hydroxylation is 1. The lowest BCUT2D eigenvalue weighted by Crippen LogP contribution is -2.22. The van der Waals surface area contributed by atoms with Crippen LogP contribution in [0.2, 0.25) is 0 Å². The van der Waals surface area contributed by atoms with Gasteiger partial charge in [0, 0.05) is 54.5 Å². The molecule has 0 saturated carbocycles. The van der Waals surface area contributed by atoms with E-state index in [9.17, 15) is 9.59 Å². The molecule has 2 aliphatic rings. The summed E-state index contributed by atoms with van der Waals surface area (Å²) in [5, 5.41) is 7.11. The van der Waals surface area contributed by atoms with E-state index in [1.165, 1.54) is 31.2 Å². The monoisotopic (exact) mass is 679 g/mol. The number of nitrogens with one attached hydrogen (secondary N) is 2. The summed E-state index contributed by atoms with van der Waals surface area (Å²) in [6.07, 6.45) is 7.32. The number of benzene rings is 4. The minimum atomic E-state index is -0.723. The van der Waals surface area contributed by atoms with Crippen molar-refractivity contribution in [2.24, 2.45) is 5.16 Å². The first kappa shape index (κ1) is 33.5. The Morgan fingerprint density at radius 2 is 1.57 bits per heavy atom. The third-order valence-electron chi connectivity index (χ3n) is 9.35. The van der Waals surface area contributed by atoms with Crippen molar-refractivity contribution in [2.75, 3.05) is 31.6 Å². The van der Waals surface area contributed by atoms with Crippen molar-refractivity contribution < 1.29 is 19.2 Å². The third-order valence-corrected chi connectivity index (χ3v) is 9.35. The Morgan fingerprint density at radius 1 is 0.882 bits per heavy atom. The van der Waals surface area contributed by atoms with Gasteiger partial charge in [0.2, 0.25) is 12.0 Å². The maximum Gasteiger partial charge on any atom is 0.350 e. The number of rotatable bonds is 12. The number of hydrogen-bond acceptors (Lipinski definition) is 7. The van der Waals surface area contributed by atoms with Crippen LogP contribution in [0.4, 0.5) is 5.69 Å². The zero-order valence-electron chi connectivity index (χ0n) is 28.7. The molecular formula is C42H41N5O4. The average molecular weight is 680 g/mol. The van der Waals surface area contributed by atoms with E-state index in [0.29, 0.717) is 18.7 Å². The molecule has 0 aliphatic carbocycles. The van der Waals surface area contributed by atoms with Gasteiger partial charge in [-0.3, -0.25) is 4.79 Å². The second-order valence-electron chi connectivity index (χ2n) is 12.8. The molecule has 1 fully saturated rings. The molecule has 2 aliphatic heterocycles. The predicted octanol–water partition coefficient (Wildman–Crippen LogP) is 7.44. The van der Waals surface area contributed by atoms with Crippen LogP contribution in [0.3, 0.4) is 0 Å². The molecule has 7 rings (SSSR count). The Labute approximate surface area is 298 Å². The molecule has 1 atom stereocenters. The lowest BCUT2D eigenvalue weighted by Gasteiger charge is -2.17. The lowest BCUT2D eigenvalue weighted by molar-refractivity contribution is -0.152. The fourth-order valence-corrected chi connectivity index (χ4v) is 6.50. The minimum absolute atomic E-state index is 0.109. The molecule has 1 amide bonds. The summed E-state index contributed by atoms with van der Waals surface area (Å²) in [6.45, 7) is 2.81. The van der Waals surface area contributed by atoms with Crippen LogP contribution in [0.15, 0.2) is 114 Å². The quantitative estimate of drug-likeness (QED) is 0.0807. The molecule has 0 radical (unpaired) electrons. The third kappa shape index (κ3) is 8.10. The van der Waals surface area contributed by atoms with Gasteiger partial charge in [-0.05, 0) is 72.7 Å². The number of carbonyl (C=O) groups excluding carboxylic acids is 2. The van der Waals surface area contributed by atoms with Crippen molar-refractivity contribution in [1.82, 2.24) is 15.3 Å². The Balaban J connectivity index is 1.08. The van der Waals surface area contributed by atoms with Crippen LogP contribution in [0.5, 0.6) is 0 Å². The van der Waals surface area contributed by atoms with Crippen molar-refractivity contribution in [1.29, 1.82) is 0 Å². The first-order valence-corrected chi connectivity index (χ1v) is 17.5. The van der Waals surface area contributed by atoms with E-state index in [1.54, 1.807) is 6.08 Å². The zero-order valence-corrected chi connectivity index (χ0v) is 28.7. The highest BCUT2D eigenvalue weighted by molar-refractivity contribution is 6.04. The molecule has 1 aromatic heterocycles. The molecular weight excluding hydrogens is 638 g/mol. The molecule has 9 heteroatoms. The van der Waals surface area contributed by atoms with Gasteiger partial charge in [0.1, 0.15) is 5.82 Å². The van der Waals surface area contributed by atoms with Crippen LogP contribution in [-0.4, -0.2) is 60.4 Å². The molecule has 5 aromatic rings. The first-order valence-electron chi connectivity index (χ1n) is 17.5. The molecule has 258 valence electrons. The van der Waals surface area contributed by atoms with Gasteiger partial charge in [-0.25, -0.2) is 9.78 Å². The van der Waals surface area contributed by atoms with E-state index in [2.05, 4.69) is 56.8 Å². The van der Waals surface area contributed by atoms with Crippen molar-refractivity contribution in [3.8, 4) is 33.9 Å². The summed E-state index contributed by atoms with van der Waals surface area (Å²) in [7, 11) is 1.34. The van der Waals surface area contributed by atoms with Gasteiger partial charge < -0.3 is 24.8 Å². The molecule has 3 heterocycles. The van der Waals surface area contributed by atoms with Crippen LogP contribution in [0, 0.1) is 0 Å². The van der Waals surface area contributed by atoms with Crippen molar-refractivity contribution in [3.05, 3.63) is 126 Å². The normalized spacial score (nSPS) is 15.5. The SMILES string of the molecule is COC(=O)C1CC(c2ccc(-c3nc(-c4ccc(N5CCCC5)cc4)[nH]c3-c3ccc(C=CC(=O)NCCCc4ccccc4)cc3)cc2)=NO1. The van der Waals surface area contributed by atoms with E-state index >= 15 is 0 Å². The fraction of sp³-hybridized carbons (Fsp3) is 0.238. The second kappa shape index (κ2) is 15.7. The number of aromatic nitrogens is 2. The summed E-state index contributed by atoms with van der Waals surface area (Å²) >= 11 is 0. The smallest absolute Gasteiger partial charge is 0.350 e. The lowest BCUT2D eigenvalue weighted by atomic mass is 10.00. The number of hydrogen-bond donors (Lipinski definition) is 2. The molecule has 1 saturated heterocycles. The van der Waals surface area contributed by atoms with Crippen LogP contribution in [-0.2, 0) is 25.6 Å². The van der Waals surface area contributed by atoms with Gasteiger partial charge in [0.15, 0.2) is 0 Å². The van der Waals surface area contributed by atoms with Gasteiger partial charge >= 0.3 is 5.97 Å². The number of nitrogens with zero attached hydrogens (tertiary/aromatic N) is 3. The summed E-state index contributed by atoms with van der Waals surface area (Å²) < 4.78 is 4.81. The molecule has 9 nitrogen and oxygen atoms in total. The second-order valence-corrected chi connectivity index (χ2v) is 12.8. The standard InChI is InChI=1S/C42H41N5O4/c1-50-42(49)37-28-36(46-51-37)31-16-18-33(19-17-31)40-39(44-41(45-40)34-20-22-35(23-21-34)47-26-5-6-27-47)32-14-11-30(12-15-32)13-24-38(48)43-25-7-10-29-8-3-2-4-9-29/h2-4,8-9,11-24,37H,5-7,10,25-28H2,1H3,(H,43,48)(H,44,45). The topological polar surface area (TPSA) is 109 Å². The van der Waals surface area contributed by atoms with E-state index < -0.39 is 12.1 Å². The Hall–Kier alpha value is -5.96. The molecule has 2 N–H and O–H groups in total. The number of oxime groups is 1. The first-order chi connectivity index (χ1) is 25.0. The van der Waals surface area contributed by atoms with Gasteiger partial charge in [-0.2, -0.15) is 0 Å². The number of ether oxygens (including phenoxy) is 1. The minimum Gasteiger partial charge on any atom is -0.466 e. The summed E-state index contributed by atoms with van der Waals surface area (Å²) in [6, 6.07) is 34.9. The van der Waals surface area contributed by atoms with Gasteiger partial charge in [0.25, 0.3) is 0 Å². The Bertz CT molecular complexity index is 2010. The number of imidazole rings is 1. The largest absolute Gasteiger partial charge is 0.466 e. The molecule has 4 aromatic carbocycles. The van der Waals surface area contributed by atoms with Crippen LogP contribution >= 0.6 is 0 Å². The number of anilines is 1. The van der Waals surface area contributed by atoms with Crippen molar-refractivity contribution in [3.63, 3.8) is 0 Å². The Morgan fingerprint density at radius 3 is 2.29 bits per heavy atom. The molecule has 1 unspecified atom stereocenters. The number of methoxy groups -OCH3 is 1. The maximum atomic E-state index is 12.5. The van der Waals surface area contributed by atoms with Gasteiger partial charge in [-0.15, -0.1) is 0 Å². The number of carbonyl (C=O) groups is 2. The number of H-pyrrole nitrogens is 1. The van der Waals surface area contributed by atoms with Crippen LogP contribution in [0.25, 0.3) is 40.0 Å². The summed E-state index contributed by atoms with van der Waals surface area (Å²) in [4.78, 5) is 40.8. The Kier molecular flexibility index (Phi) is 10.3. The van der Waals surface area contributed by atoms with Crippen LogP contribution in [0.1, 0.15) is 42.4 Å². The predicted molar refractivity (Wildman–Crippen MR) is 201 cm³/mol. The van der Waals surface area contributed by atoms with Gasteiger partial charge in [0.05, 0.1) is 24.2 Å². The van der Waals surface area contributed by atoms with E-state index in [4.69, 9.17) is 14.6 Å². The van der Waals surface area contributed by atoms with E-state index in [0.717, 1.165) is 71.0 Å². The van der Waals surface area contributed by atoms with Crippen molar-refractivity contribution >= 4 is 29.4 Å². The van der Waals surface area contributed by atoms with E-state index in [-0.39, 0.29) is 5.91 Å². The summed E-state index contributed by atoms with van der Waals surface area (Å²) in [5.74, 6) is 0.231. The highest BCUT2D eigenvalue weighted by Gasteiger charge is 2.29. The van der Waals surface area contributed by atoms with Gasteiger partial charge in [-0.1, -0.05) is 84.0 Å². The summed E-state index contributed by atoms with van der Waals surface area (Å²) in [5.41, 5.74) is 9.60. The zero-order chi connectivity index (χ0) is 35.0. The molecule has 0 spiro atoms. The highest BCUT2D eigenvalue weighted by atomic mass is 16.7. The maximum absolute atomic E-state index is 12.5. The number of aromatic amines is 1. The number of amides is 1. The van der Waals surface area contributed by atoms with E-state index in [1.807, 2.05) is 72.8 Å². The average Bonchev–Trinajstić information content (AvgIpc) is 3.99. The highest BCUT2D eigenvalue weighted by Crippen LogP contribution is 2.34. The van der Waals surface area contributed by atoms with Crippen molar-refractivity contribution in [2.45, 2.75) is 38.2 Å².